The average Bonchev–Trinajstić information content (AvgIpc) is 3.31. The monoisotopic (exact) mass is 332 g/mol. The fourth-order valence-corrected chi connectivity index (χ4v) is 3.83. The van der Waals surface area contributed by atoms with Gasteiger partial charge in [0.05, 0.1) is 6.26 Å². The highest BCUT2D eigenvalue weighted by Crippen LogP contribution is 2.28. The number of aryl methyl sites for hydroxylation is 1. The van der Waals surface area contributed by atoms with Gasteiger partial charge in [-0.05, 0) is 24.5 Å². The van der Waals surface area contributed by atoms with Gasteiger partial charge < -0.3 is 14.2 Å². The maximum absolute atomic E-state index is 12.3. The number of amides is 2. The molecule has 0 N–H and O–H groups in total. The van der Waals surface area contributed by atoms with E-state index >= 15 is 0 Å². The van der Waals surface area contributed by atoms with E-state index in [-0.39, 0.29) is 11.8 Å². The van der Waals surface area contributed by atoms with Crippen LogP contribution in [-0.2, 0) is 16.0 Å². The average molecular weight is 332 g/mol. The minimum atomic E-state index is 0.157. The third-order valence-corrected chi connectivity index (χ3v) is 5.39. The van der Waals surface area contributed by atoms with Gasteiger partial charge in [0.2, 0.25) is 11.8 Å². The molecule has 1 aliphatic heterocycles. The second-order valence-corrected chi connectivity index (χ2v) is 7.03. The van der Waals surface area contributed by atoms with E-state index in [0.29, 0.717) is 45.4 Å². The molecule has 132 valence electrons. The Kier molecular flexibility index (Phi) is 5.94. The van der Waals surface area contributed by atoms with Crippen LogP contribution < -0.4 is 0 Å². The molecule has 1 saturated carbocycles. The van der Waals surface area contributed by atoms with E-state index < -0.39 is 0 Å². The molecule has 3 rings (SSSR count). The minimum Gasteiger partial charge on any atom is -0.469 e. The number of nitrogens with zero attached hydrogens (tertiary/aromatic N) is 2. The molecule has 1 saturated heterocycles. The molecule has 2 amide bonds. The van der Waals surface area contributed by atoms with Crippen molar-refractivity contribution in [1.82, 2.24) is 9.80 Å². The molecule has 2 fully saturated rings. The molecule has 0 radical (unpaired) electrons. The highest BCUT2D eigenvalue weighted by Gasteiger charge is 2.25. The Labute approximate surface area is 144 Å². The van der Waals surface area contributed by atoms with Gasteiger partial charge in [0.25, 0.3) is 0 Å². The lowest BCUT2D eigenvalue weighted by Crippen LogP contribution is -2.50. The second-order valence-electron chi connectivity index (χ2n) is 7.03. The highest BCUT2D eigenvalue weighted by molar-refractivity contribution is 5.78. The zero-order chi connectivity index (χ0) is 16.8. The minimum absolute atomic E-state index is 0.157. The summed E-state index contributed by atoms with van der Waals surface area (Å²) < 4.78 is 5.27. The first-order chi connectivity index (χ1) is 11.7. The number of carbonyl (C=O) groups is 2. The summed E-state index contributed by atoms with van der Waals surface area (Å²) in [5, 5.41) is 0. The molecule has 5 nitrogen and oxygen atoms in total. The van der Waals surface area contributed by atoms with Crippen LogP contribution in [0.3, 0.4) is 0 Å². The number of carbonyl (C=O) groups excluding carboxylic acids is 2. The van der Waals surface area contributed by atoms with Crippen LogP contribution in [0.4, 0.5) is 0 Å². The number of hydrogen-bond donors (Lipinski definition) is 0. The summed E-state index contributed by atoms with van der Waals surface area (Å²) in [6.45, 7) is 2.67. The summed E-state index contributed by atoms with van der Waals surface area (Å²) in [4.78, 5) is 28.4. The van der Waals surface area contributed by atoms with E-state index in [2.05, 4.69) is 0 Å². The summed E-state index contributed by atoms with van der Waals surface area (Å²) >= 11 is 0. The van der Waals surface area contributed by atoms with Crippen molar-refractivity contribution >= 4 is 11.8 Å². The molecule has 0 spiro atoms. The Bertz CT molecular complexity index is 527. The molecule has 0 bridgehead atoms. The van der Waals surface area contributed by atoms with Crippen LogP contribution in [0.5, 0.6) is 0 Å². The van der Waals surface area contributed by atoms with E-state index in [4.69, 9.17) is 4.42 Å². The summed E-state index contributed by atoms with van der Waals surface area (Å²) in [5.41, 5.74) is 0. The Hall–Kier alpha value is -1.78. The first-order valence-electron chi connectivity index (χ1n) is 9.30. The summed E-state index contributed by atoms with van der Waals surface area (Å²) in [7, 11) is 0. The lowest BCUT2D eigenvalue weighted by Gasteiger charge is -2.35. The predicted molar refractivity (Wildman–Crippen MR) is 91.4 cm³/mol. The molecule has 24 heavy (non-hydrogen) atoms. The first kappa shape index (κ1) is 17.1. The van der Waals surface area contributed by atoms with E-state index in [0.717, 1.165) is 18.1 Å². The highest BCUT2D eigenvalue weighted by atomic mass is 16.3. The van der Waals surface area contributed by atoms with Crippen LogP contribution >= 0.6 is 0 Å². The molecule has 2 aliphatic rings. The number of furan rings is 1. The molecule has 1 aliphatic carbocycles. The van der Waals surface area contributed by atoms with Gasteiger partial charge in [-0.1, -0.05) is 25.7 Å². The Morgan fingerprint density at radius 3 is 2.21 bits per heavy atom. The predicted octanol–water partition coefficient (Wildman–Crippen LogP) is 2.85. The normalized spacial score (nSPS) is 19.0. The maximum Gasteiger partial charge on any atom is 0.223 e. The van der Waals surface area contributed by atoms with Crippen molar-refractivity contribution < 1.29 is 14.0 Å². The van der Waals surface area contributed by atoms with Crippen LogP contribution in [0.25, 0.3) is 0 Å². The second kappa shape index (κ2) is 8.36. The van der Waals surface area contributed by atoms with Gasteiger partial charge in [0.1, 0.15) is 5.76 Å². The third kappa shape index (κ3) is 4.62. The van der Waals surface area contributed by atoms with Crippen molar-refractivity contribution in [2.45, 2.75) is 51.4 Å². The molecule has 5 heteroatoms. The van der Waals surface area contributed by atoms with Crippen molar-refractivity contribution in [1.29, 1.82) is 0 Å². The molecular formula is C19H28N2O3. The van der Waals surface area contributed by atoms with Crippen molar-refractivity contribution in [3.63, 3.8) is 0 Å². The van der Waals surface area contributed by atoms with E-state index in [1.165, 1.54) is 25.7 Å². The van der Waals surface area contributed by atoms with Crippen LogP contribution in [0, 0.1) is 5.92 Å². The molecule has 0 atom stereocenters. The lowest BCUT2D eigenvalue weighted by molar-refractivity contribution is -0.139. The molecule has 0 unspecified atom stereocenters. The first-order valence-corrected chi connectivity index (χ1v) is 9.30. The van der Waals surface area contributed by atoms with Gasteiger partial charge in [-0.2, -0.15) is 0 Å². The quantitative estimate of drug-likeness (QED) is 0.805. The number of rotatable bonds is 6. The van der Waals surface area contributed by atoms with Gasteiger partial charge >= 0.3 is 0 Å². The number of hydrogen-bond acceptors (Lipinski definition) is 3. The fourth-order valence-electron chi connectivity index (χ4n) is 3.83. The van der Waals surface area contributed by atoms with Crippen molar-refractivity contribution in [3.8, 4) is 0 Å². The Morgan fingerprint density at radius 1 is 1.00 bits per heavy atom. The van der Waals surface area contributed by atoms with Crippen molar-refractivity contribution in [3.05, 3.63) is 24.2 Å². The van der Waals surface area contributed by atoms with Gasteiger partial charge in [0.15, 0.2) is 0 Å². The van der Waals surface area contributed by atoms with Gasteiger partial charge in [-0.25, -0.2) is 0 Å². The van der Waals surface area contributed by atoms with Crippen molar-refractivity contribution in [2.75, 3.05) is 26.2 Å². The largest absolute Gasteiger partial charge is 0.469 e. The third-order valence-electron chi connectivity index (χ3n) is 5.39. The smallest absolute Gasteiger partial charge is 0.223 e. The lowest BCUT2D eigenvalue weighted by atomic mass is 10.0. The van der Waals surface area contributed by atoms with Gasteiger partial charge in [0, 0.05) is 45.4 Å². The zero-order valence-corrected chi connectivity index (χ0v) is 14.4. The van der Waals surface area contributed by atoms with Crippen LogP contribution in [0.1, 0.15) is 50.7 Å². The Balaban J connectivity index is 1.35. The number of piperazine rings is 1. The topological polar surface area (TPSA) is 53.8 Å². The molecule has 0 aromatic carbocycles. The van der Waals surface area contributed by atoms with Crippen LogP contribution in [0.15, 0.2) is 22.8 Å². The van der Waals surface area contributed by atoms with E-state index in [9.17, 15) is 9.59 Å². The molecular weight excluding hydrogens is 304 g/mol. The van der Waals surface area contributed by atoms with Crippen LogP contribution in [0.2, 0.25) is 0 Å². The zero-order valence-electron chi connectivity index (χ0n) is 14.4. The summed E-state index contributed by atoms with van der Waals surface area (Å²) in [5.74, 6) is 2.04. The van der Waals surface area contributed by atoms with Gasteiger partial charge in [-0.15, -0.1) is 0 Å². The standard InChI is InChI=1S/C19H28N2O3/c22-18(9-7-16-4-1-2-5-16)20-11-13-21(14-12-20)19(23)10-8-17-6-3-15-24-17/h3,6,15-16H,1-2,4-5,7-14H2. The van der Waals surface area contributed by atoms with Crippen LogP contribution in [-0.4, -0.2) is 47.8 Å². The summed E-state index contributed by atoms with van der Waals surface area (Å²) in [6.07, 6.45) is 9.73. The fraction of sp³-hybridized carbons (Fsp3) is 0.684. The maximum atomic E-state index is 12.3. The Morgan fingerprint density at radius 2 is 1.62 bits per heavy atom. The molecule has 2 heterocycles. The van der Waals surface area contributed by atoms with Crippen molar-refractivity contribution in [2.24, 2.45) is 5.92 Å². The van der Waals surface area contributed by atoms with Gasteiger partial charge in [-0.3, -0.25) is 9.59 Å². The SMILES string of the molecule is O=C(CCc1ccco1)N1CCN(C(=O)CCC2CCCC2)CC1. The van der Waals surface area contributed by atoms with E-state index in [1.54, 1.807) is 6.26 Å². The molecule has 1 aromatic rings. The van der Waals surface area contributed by atoms with E-state index in [1.807, 2.05) is 21.9 Å². The summed E-state index contributed by atoms with van der Waals surface area (Å²) in [6, 6.07) is 3.74. The molecule has 1 aromatic heterocycles.